The molecule has 0 bridgehead atoms. The summed E-state index contributed by atoms with van der Waals surface area (Å²) in [4.78, 5) is 64.8. The summed E-state index contributed by atoms with van der Waals surface area (Å²) in [6.07, 6.45) is 8.07. The van der Waals surface area contributed by atoms with Gasteiger partial charge in [-0.3, -0.25) is 24.0 Å². The van der Waals surface area contributed by atoms with Gasteiger partial charge in [-0.05, 0) is 42.4 Å². The number of nitrogens with one attached hydrogen (secondary N) is 4. The molecule has 0 radical (unpaired) electrons. The molecule has 4 N–H and O–H groups in total. The van der Waals surface area contributed by atoms with Crippen LogP contribution >= 0.6 is 0 Å². The first-order valence-electron chi connectivity index (χ1n) is 14.4. The number of amides is 4. The number of benzene rings is 2. The lowest BCUT2D eigenvalue weighted by Gasteiger charge is -2.25. The molecule has 4 rings (SSSR count). The lowest BCUT2D eigenvalue weighted by molar-refractivity contribution is -0.141. The van der Waals surface area contributed by atoms with Crippen LogP contribution in [0.5, 0.6) is 0 Å². The Hall–Kier alpha value is -4.27. The number of carbonyl (C=O) groups excluding carboxylic acids is 5. The van der Waals surface area contributed by atoms with Gasteiger partial charge in [0.2, 0.25) is 23.5 Å². The molecule has 216 valence electrons. The van der Waals surface area contributed by atoms with Crippen LogP contribution in [-0.4, -0.2) is 48.0 Å². The predicted molar refractivity (Wildman–Crippen MR) is 155 cm³/mol. The van der Waals surface area contributed by atoms with Crippen molar-refractivity contribution < 1.29 is 24.0 Å². The molecule has 0 unspecified atom stereocenters. The molecule has 1 heterocycles. The minimum absolute atomic E-state index is 0.00711. The number of hydrogen-bond donors (Lipinski definition) is 4. The van der Waals surface area contributed by atoms with Gasteiger partial charge in [-0.15, -0.1) is 0 Å². The van der Waals surface area contributed by atoms with Gasteiger partial charge in [-0.2, -0.15) is 0 Å². The summed E-state index contributed by atoms with van der Waals surface area (Å²) < 4.78 is 0. The largest absolute Gasteiger partial charge is 0.356 e. The Labute approximate surface area is 240 Å². The van der Waals surface area contributed by atoms with Crippen LogP contribution in [0.25, 0.3) is 6.08 Å². The molecule has 2 aromatic carbocycles. The molecule has 1 saturated carbocycles. The molecule has 0 aromatic heterocycles. The minimum atomic E-state index is -1.20. The van der Waals surface area contributed by atoms with Crippen molar-refractivity contribution in [3.05, 3.63) is 77.9 Å². The van der Waals surface area contributed by atoms with Gasteiger partial charge in [-0.1, -0.05) is 86.3 Å². The second-order valence-electron chi connectivity index (χ2n) is 10.8. The second kappa shape index (κ2) is 14.9. The third-order valence-electron chi connectivity index (χ3n) is 7.74. The van der Waals surface area contributed by atoms with E-state index in [1.54, 1.807) is 6.08 Å². The zero-order valence-corrected chi connectivity index (χ0v) is 23.1. The van der Waals surface area contributed by atoms with Crippen LogP contribution in [0, 0.1) is 11.8 Å². The first kappa shape index (κ1) is 29.7. The highest BCUT2D eigenvalue weighted by Crippen LogP contribution is 2.29. The molecule has 1 aliphatic heterocycles. The fraction of sp³-hybridized carbons (Fsp3) is 0.406. The topological polar surface area (TPSA) is 133 Å². The van der Waals surface area contributed by atoms with Crippen molar-refractivity contribution >= 4 is 35.5 Å². The maximum absolute atomic E-state index is 13.6. The Morgan fingerprint density at radius 1 is 0.854 bits per heavy atom. The Kier molecular flexibility index (Phi) is 10.8. The standard InChI is InChI=1S/C32H38N4O5/c37-28(16-15-22-9-3-1-4-10-22)35-27(19-23-11-7-8-12-23)31(40)36-26(20-25-17-18-33-30(25)39)29(38)32(41)34-21-24-13-5-2-6-14-24/h1-6,9-10,13-16,23,25-27H,7-8,11-12,17-21H2,(H,33,39)(H,34,41)(H,35,37)(H,36,40)/b16-15+/t25-,26-,27-/m0/s1. The van der Waals surface area contributed by atoms with Crippen LogP contribution < -0.4 is 21.3 Å². The molecule has 3 atom stereocenters. The van der Waals surface area contributed by atoms with Crippen LogP contribution in [0.15, 0.2) is 66.7 Å². The molecule has 2 aliphatic rings. The summed E-state index contributed by atoms with van der Waals surface area (Å²) in [6.45, 7) is 0.636. The van der Waals surface area contributed by atoms with Crippen molar-refractivity contribution in [2.75, 3.05) is 6.54 Å². The van der Waals surface area contributed by atoms with E-state index in [2.05, 4.69) is 21.3 Å². The van der Waals surface area contributed by atoms with Crippen molar-refractivity contribution in [3.63, 3.8) is 0 Å². The maximum Gasteiger partial charge on any atom is 0.289 e. The molecule has 0 spiro atoms. The van der Waals surface area contributed by atoms with E-state index in [0.29, 0.717) is 19.4 Å². The fourth-order valence-corrected chi connectivity index (χ4v) is 5.45. The highest BCUT2D eigenvalue weighted by atomic mass is 16.2. The average molecular weight is 559 g/mol. The van der Waals surface area contributed by atoms with E-state index in [4.69, 9.17) is 0 Å². The summed E-state index contributed by atoms with van der Waals surface area (Å²) in [5, 5.41) is 10.9. The van der Waals surface area contributed by atoms with E-state index in [-0.39, 0.29) is 24.8 Å². The Morgan fingerprint density at radius 2 is 1.54 bits per heavy atom. The Bertz CT molecular complexity index is 1240. The highest BCUT2D eigenvalue weighted by molar-refractivity contribution is 6.38. The van der Waals surface area contributed by atoms with Crippen LogP contribution in [-0.2, 0) is 30.5 Å². The van der Waals surface area contributed by atoms with Crippen molar-refractivity contribution in [1.82, 2.24) is 21.3 Å². The lowest BCUT2D eigenvalue weighted by atomic mass is 9.94. The number of hydrogen-bond acceptors (Lipinski definition) is 5. The van der Waals surface area contributed by atoms with Crippen LogP contribution in [0.4, 0.5) is 0 Å². The Balaban J connectivity index is 1.46. The van der Waals surface area contributed by atoms with Gasteiger partial charge in [-0.25, -0.2) is 0 Å². The normalized spacial score (nSPS) is 18.4. The van der Waals surface area contributed by atoms with Crippen molar-refractivity contribution in [2.45, 2.75) is 63.6 Å². The quantitative estimate of drug-likeness (QED) is 0.222. The van der Waals surface area contributed by atoms with Gasteiger partial charge in [0.25, 0.3) is 5.91 Å². The van der Waals surface area contributed by atoms with Crippen LogP contribution in [0.3, 0.4) is 0 Å². The van der Waals surface area contributed by atoms with Crippen molar-refractivity contribution in [3.8, 4) is 0 Å². The molecule has 9 heteroatoms. The summed E-state index contributed by atoms with van der Waals surface area (Å²) in [5.41, 5.74) is 1.67. The SMILES string of the molecule is O=C(/C=C/c1ccccc1)N[C@@H](CC1CCCC1)C(=O)N[C@@H](C[C@@H]1CCNC1=O)C(=O)C(=O)NCc1ccccc1. The number of carbonyl (C=O) groups is 5. The first-order valence-corrected chi connectivity index (χ1v) is 14.4. The summed E-state index contributed by atoms with van der Waals surface area (Å²) in [6, 6.07) is 16.4. The number of Topliss-reactive ketones (excluding diaryl/α,β-unsaturated/α-hetero) is 1. The first-order chi connectivity index (χ1) is 19.9. The van der Waals surface area contributed by atoms with Crippen LogP contribution in [0.1, 0.15) is 56.1 Å². The van der Waals surface area contributed by atoms with Crippen molar-refractivity contribution in [1.29, 1.82) is 0 Å². The molecule has 41 heavy (non-hydrogen) atoms. The van der Waals surface area contributed by atoms with Gasteiger partial charge >= 0.3 is 0 Å². The van der Waals surface area contributed by atoms with Gasteiger partial charge in [0, 0.05) is 25.1 Å². The van der Waals surface area contributed by atoms with Gasteiger partial charge in [0.15, 0.2) is 0 Å². The monoisotopic (exact) mass is 558 g/mol. The molecular weight excluding hydrogens is 520 g/mol. The minimum Gasteiger partial charge on any atom is -0.356 e. The van der Waals surface area contributed by atoms with Gasteiger partial charge < -0.3 is 21.3 Å². The molecule has 4 amide bonds. The third kappa shape index (κ3) is 9.13. The smallest absolute Gasteiger partial charge is 0.289 e. The highest BCUT2D eigenvalue weighted by Gasteiger charge is 2.36. The van der Waals surface area contributed by atoms with E-state index in [0.717, 1.165) is 36.8 Å². The molecular formula is C32H38N4O5. The predicted octanol–water partition coefficient (Wildman–Crippen LogP) is 2.66. The van der Waals surface area contributed by atoms with E-state index in [1.165, 1.54) is 6.08 Å². The average Bonchev–Trinajstić information content (AvgIpc) is 3.66. The van der Waals surface area contributed by atoms with Gasteiger partial charge in [0.1, 0.15) is 6.04 Å². The summed E-state index contributed by atoms with van der Waals surface area (Å²) in [5.74, 6) is -3.04. The van der Waals surface area contributed by atoms with Gasteiger partial charge in [0.05, 0.1) is 6.04 Å². The second-order valence-corrected chi connectivity index (χ2v) is 10.8. The molecule has 1 aliphatic carbocycles. The molecule has 2 fully saturated rings. The van der Waals surface area contributed by atoms with E-state index < -0.39 is 41.5 Å². The molecule has 9 nitrogen and oxygen atoms in total. The molecule has 2 aromatic rings. The number of rotatable bonds is 13. The number of ketones is 1. The van der Waals surface area contributed by atoms with Crippen LogP contribution in [0.2, 0.25) is 0 Å². The summed E-state index contributed by atoms with van der Waals surface area (Å²) in [7, 11) is 0. The zero-order chi connectivity index (χ0) is 29.0. The lowest BCUT2D eigenvalue weighted by Crippen LogP contribution is -2.54. The molecule has 1 saturated heterocycles. The van der Waals surface area contributed by atoms with E-state index in [9.17, 15) is 24.0 Å². The Morgan fingerprint density at radius 3 is 2.20 bits per heavy atom. The third-order valence-corrected chi connectivity index (χ3v) is 7.74. The zero-order valence-electron chi connectivity index (χ0n) is 23.1. The van der Waals surface area contributed by atoms with E-state index >= 15 is 0 Å². The summed E-state index contributed by atoms with van der Waals surface area (Å²) >= 11 is 0. The fourth-order valence-electron chi connectivity index (χ4n) is 5.45. The van der Waals surface area contributed by atoms with Crippen molar-refractivity contribution in [2.24, 2.45) is 11.8 Å². The maximum atomic E-state index is 13.6. The van der Waals surface area contributed by atoms with E-state index in [1.807, 2.05) is 60.7 Å².